The van der Waals surface area contributed by atoms with Crippen LogP contribution in [0.5, 0.6) is 5.75 Å². The van der Waals surface area contributed by atoms with Crippen LogP contribution in [0.15, 0.2) is 24.3 Å². The fraction of sp³-hybridized carbons (Fsp3) is 0.364. The van der Waals surface area contributed by atoms with Crippen LogP contribution in [0.1, 0.15) is 17.3 Å². The van der Waals surface area contributed by atoms with Crippen molar-refractivity contribution in [2.24, 2.45) is 0 Å². The highest BCUT2D eigenvalue weighted by molar-refractivity contribution is 5.97. The number of alkyl halides is 3. The van der Waals surface area contributed by atoms with Gasteiger partial charge < -0.3 is 15.2 Å². The summed E-state index contributed by atoms with van der Waals surface area (Å²) in [5, 5.41) is 11.1. The number of benzene rings is 1. The summed E-state index contributed by atoms with van der Waals surface area (Å²) in [5.74, 6) is -1.32. The zero-order chi connectivity index (χ0) is 13.8. The van der Waals surface area contributed by atoms with Gasteiger partial charge in [0.15, 0.2) is 0 Å². The second kappa shape index (κ2) is 5.72. The molecule has 0 heterocycles. The van der Waals surface area contributed by atoms with Gasteiger partial charge in [0.25, 0.3) is 5.91 Å². The molecule has 0 aromatic heterocycles. The maximum Gasteiger partial charge on any atom is 0.573 e. The maximum absolute atomic E-state index is 12.1. The first kappa shape index (κ1) is 14.3. The van der Waals surface area contributed by atoms with E-state index in [2.05, 4.69) is 10.1 Å². The number of para-hydroxylation sites is 1. The van der Waals surface area contributed by atoms with Crippen LogP contribution in [0.3, 0.4) is 0 Å². The molecule has 1 aromatic carbocycles. The lowest BCUT2D eigenvalue weighted by atomic mass is 10.2. The summed E-state index contributed by atoms with van der Waals surface area (Å²) in [6.07, 6.45) is -4.86. The number of halogens is 3. The first-order chi connectivity index (χ1) is 8.33. The van der Waals surface area contributed by atoms with Gasteiger partial charge in [-0.2, -0.15) is 0 Å². The van der Waals surface area contributed by atoms with Crippen LogP contribution in [0.25, 0.3) is 0 Å². The van der Waals surface area contributed by atoms with Crippen LogP contribution in [-0.2, 0) is 0 Å². The molecule has 4 nitrogen and oxygen atoms in total. The van der Waals surface area contributed by atoms with Crippen molar-refractivity contribution < 1.29 is 27.8 Å². The molecule has 1 atom stereocenters. The molecule has 0 fully saturated rings. The Bertz CT molecular complexity index is 420. The number of carbonyl (C=O) groups is 1. The fourth-order valence-electron chi connectivity index (χ4n) is 1.22. The molecular formula is C11H12F3NO3. The summed E-state index contributed by atoms with van der Waals surface area (Å²) >= 11 is 0. The first-order valence-electron chi connectivity index (χ1n) is 5.10. The van der Waals surface area contributed by atoms with Gasteiger partial charge in [-0.3, -0.25) is 4.79 Å². The van der Waals surface area contributed by atoms with E-state index in [0.717, 1.165) is 6.07 Å². The maximum atomic E-state index is 12.1. The summed E-state index contributed by atoms with van der Waals surface area (Å²) in [4.78, 5) is 11.7. The average molecular weight is 263 g/mol. The lowest BCUT2D eigenvalue weighted by Gasteiger charge is -2.15. The van der Waals surface area contributed by atoms with E-state index in [0.29, 0.717) is 0 Å². The number of aliphatic hydroxyl groups excluding tert-OH is 1. The number of nitrogens with one attached hydrogen (secondary N) is 1. The van der Waals surface area contributed by atoms with E-state index in [1.54, 1.807) is 0 Å². The van der Waals surface area contributed by atoms with E-state index < -0.39 is 24.1 Å². The number of rotatable bonds is 4. The van der Waals surface area contributed by atoms with Gasteiger partial charge in [-0.15, -0.1) is 13.2 Å². The zero-order valence-electron chi connectivity index (χ0n) is 9.49. The number of hydrogen-bond donors (Lipinski definition) is 2. The van der Waals surface area contributed by atoms with Crippen LogP contribution in [-0.4, -0.2) is 30.0 Å². The van der Waals surface area contributed by atoms with Crippen molar-refractivity contribution in [1.82, 2.24) is 5.32 Å². The Morgan fingerprint density at radius 3 is 2.61 bits per heavy atom. The smallest absolute Gasteiger partial charge is 0.405 e. The van der Waals surface area contributed by atoms with Gasteiger partial charge in [-0.25, -0.2) is 0 Å². The van der Waals surface area contributed by atoms with Gasteiger partial charge >= 0.3 is 6.36 Å². The number of ether oxygens (including phenoxy) is 1. The van der Waals surface area contributed by atoms with Crippen LogP contribution in [0.4, 0.5) is 13.2 Å². The predicted octanol–water partition coefficient (Wildman–Crippen LogP) is 1.70. The highest BCUT2D eigenvalue weighted by atomic mass is 19.4. The van der Waals surface area contributed by atoms with E-state index in [4.69, 9.17) is 5.11 Å². The van der Waals surface area contributed by atoms with Gasteiger partial charge in [-0.05, 0) is 19.1 Å². The molecule has 0 saturated heterocycles. The molecule has 7 heteroatoms. The lowest BCUT2D eigenvalue weighted by Crippen LogP contribution is -2.35. The number of carbonyl (C=O) groups excluding carboxylic acids is 1. The van der Waals surface area contributed by atoms with Crippen molar-refractivity contribution in [2.75, 3.05) is 6.61 Å². The summed E-state index contributed by atoms with van der Waals surface area (Å²) in [7, 11) is 0. The zero-order valence-corrected chi connectivity index (χ0v) is 9.49. The van der Waals surface area contributed by atoms with Gasteiger partial charge in [0, 0.05) is 6.04 Å². The SMILES string of the molecule is CC(CO)NC(=O)c1ccccc1OC(F)(F)F. The van der Waals surface area contributed by atoms with Crippen LogP contribution < -0.4 is 10.1 Å². The minimum absolute atomic E-state index is 0.241. The second-order valence-corrected chi connectivity index (χ2v) is 3.60. The summed E-state index contributed by atoms with van der Waals surface area (Å²) < 4.78 is 40.1. The van der Waals surface area contributed by atoms with Crippen molar-refractivity contribution in [1.29, 1.82) is 0 Å². The van der Waals surface area contributed by atoms with E-state index in [9.17, 15) is 18.0 Å². The number of hydrogen-bond acceptors (Lipinski definition) is 3. The molecule has 0 radical (unpaired) electrons. The lowest BCUT2D eigenvalue weighted by molar-refractivity contribution is -0.274. The molecular weight excluding hydrogens is 251 g/mol. The largest absolute Gasteiger partial charge is 0.573 e. The summed E-state index contributed by atoms with van der Waals surface area (Å²) in [6.45, 7) is 1.21. The van der Waals surface area contributed by atoms with Gasteiger partial charge in [0.05, 0.1) is 12.2 Å². The van der Waals surface area contributed by atoms with Crippen LogP contribution in [0.2, 0.25) is 0 Å². The molecule has 0 aliphatic rings. The van der Waals surface area contributed by atoms with E-state index in [1.165, 1.54) is 25.1 Å². The van der Waals surface area contributed by atoms with Crippen molar-refractivity contribution >= 4 is 5.91 Å². The standard InChI is InChI=1S/C11H12F3NO3/c1-7(6-16)15-10(17)8-4-2-3-5-9(8)18-11(12,13)14/h2-5,7,16H,6H2,1H3,(H,15,17). The molecule has 1 unspecified atom stereocenters. The Balaban J connectivity index is 2.91. The fourth-order valence-corrected chi connectivity index (χ4v) is 1.22. The molecule has 2 N–H and O–H groups in total. The highest BCUT2D eigenvalue weighted by Crippen LogP contribution is 2.26. The van der Waals surface area contributed by atoms with E-state index in [1.807, 2.05) is 0 Å². The minimum Gasteiger partial charge on any atom is -0.405 e. The Hall–Kier alpha value is -1.76. The topological polar surface area (TPSA) is 58.6 Å². The van der Waals surface area contributed by atoms with Gasteiger partial charge in [0.2, 0.25) is 0 Å². The molecule has 1 rings (SSSR count). The molecule has 18 heavy (non-hydrogen) atoms. The predicted molar refractivity (Wildman–Crippen MR) is 57.1 cm³/mol. The Labute approximate surface area is 101 Å². The number of aliphatic hydroxyl groups is 1. The average Bonchev–Trinajstić information content (AvgIpc) is 2.27. The molecule has 1 aromatic rings. The van der Waals surface area contributed by atoms with Gasteiger partial charge in [-0.1, -0.05) is 12.1 Å². The molecule has 100 valence electrons. The third-order valence-corrected chi connectivity index (χ3v) is 2.01. The number of amides is 1. The molecule has 1 amide bonds. The highest BCUT2D eigenvalue weighted by Gasteiger charge is 2.32. The minimum atomic E-state index is -4.86. The van der Waals surface area contributed by atoms with E-state index in [-0.39, 0.29) is 12.2 Å². The molecule has 0 bridgehead atoms. The van der Waals surface area contributed by atoms with Crippen LogP contribution in [0, 0.1) is 0 Å². The molecule has 0 aliphatic heterocycles. The second-order valence-electron chi connectivity index (χ2n) is 3.60. The third kappa shape index (κ3) is 4.25. The quantitative estimate of drug-likeness (QED) is 0.869. The first-order valence-corrected chi connectivity index (χ1v) is 5.10. The van der Waals surface area contributed by atoms with Crippen LogP contribution >= 0.6 is 0 Å². The summed E-state index contributed by atoms with van der Waals surface area (Å²) in [5.41, 5.74) is -0.241. The van der Waals surface area contributed by atoms with Crippen molar-refractivity contribution in [3.63, 3.8) is 0 Å². The van der Waals surface area contributed by atoms with Crippen molar-refractivity contribution in [2.45, 2.75) is 19.3 Å². The van der Waals surface area contributed by atoms with Gasteiger partial charge in [0.1, 0.15) is 5.75 Å². The Morgan fingerprint density at radius 2 is 2.06 bits per heavy atom. The monoisotopic (exact) mass is 263 g/mol. The normalized spacial score (nSPS) is 12.9. The Kier molecular flexibility index (Phi) is 4.55. The van der Waals surface area contributed by atoms with Crippen molar-refractivity contribution in [3.05, 3.63) is 29.8 Å². The molecule has 0 saturated carbocycles. The van der Waals surface area contributed by atoms with Crippen molar-refractivity contribution in [3.8, 4) is 5.75 Å². The third-order valence-electron chi connectivity index (χ3n) is 2.01. The summed E-state index contributed by atoms with van der Waals surface area (Å²) in [6, 6.07) is 4.44. The van der Waals surface area contributed by atoms with E-state index >= 15 is 0 Å². The Morgan fingerprint density at radius 1 is 1.44 bits per heavy atom. The molecule has 0 spiro atoms. The molecule has 0 aliphatic carbocycles.